The van der Waals surface area contributed by atoms with Crippen LogP contribution in [0.3, 0.4) is 0 Å². The number of amidine groups is 2. The Kier molecular flexibility index (Phi) is 9.48. The first-order chi connectivity index (χ1) is 30.7. The highest BCUT2D eigenvalue weighted by Gasteiger charge is 2.25. The lowest BCUT2D eigenvalue weighted by molar-refractivity contribution is 0.674. The minimum atomic E-state index is -0.345. The van der Waals surface area contributed by atoms with E-state index in [9.17, 15) is 0 Å². The monoisotopic (exact) mass is 794 g/mol. The van der Waals surface area contributed by atoms with E-state index in [-0.39, 0.29) is 6.17 Å². The lowest BCUT2D eigenvalue weighted by Gasteiger charge is -2.25. The molecule has 1 N–H and O–H groups in total. The van der Waals surface area contributed by atoms with E-state index in [1.54, 1.807) is 0 Å². The maximum Gasteiger partial charge on any atom is 0.164 e. The van der Waals surface area contributed by atoms with Gasteiger partial charge in [0.1, 0.15) is 12.0 Å². The summed E-state index contributed by atoms with van der Waals surface area (Å²) >= 11 is 0. The number of aromatic nitrogens is 3. The predicted molar refractivity (Wildman–Crippen MR) is 254 cm³/mol. The highest BCUT2D eigenvalue weighted by Crippen LogP contribution is 2.41. The van der Waals surface area contributed by atoms with Crippen molar-refractivity contribution >= 4 is 33.2 Å². The molecule has 0 radical (unpaired) electrons. The zero-order chi connectivity index (χ0) is 41.2. The third kappa shape index (κ3) is 6.99. The van der Waals surface area contributed by atoms with Gasteiger partial charge in [-0.15, -0.1) is 0 Å². The van der Waals surface area contributed by atoms with Gasteiger partial charge in [0.15, 0.2) is 23.3 Å². The summed E-state index contributed by atoms with van der Waals surface area (Å²) < 4.78 is 0. The smallest absolute Gasteiger partial charge is 0.164 e. The van der Waals surface area contributed by atoms with E-state index in [1.165, 1.54) is 10.8 Å². The first-order valence-corrected chi connectivity index (χ1v) is 20.8. The summed E-state index contributed by atoms with van der Waals surface area (Å²) in [6.07, 6.45) is -0.345. The standard InChI is InChI=1S/C56H38N6/c1-5-19-37(20-6-1)51-57-52(38-21-7-2-8-22-38)60-55(59-51)47-32-18-15-29-44(47)42-33-34-48(50(36-42)49-35-41-27-13-14-28-43(41)45-30-16-17-31-46(45)49)56-61-53(39-23-9-3-10-24-39)58-54(62-56)40-25-11-4-12-26-40/h1-36,53H,(H,58,61,62). The summed E-state index contributed by atoms with van der Waals surface area (Å²) in [6, 6.07) is 75.5. The molecule has 1 unspecified atom stereocenters. The number of rotatable bonds is 8. The Morgan fingerprint density at radius 1 is 0.339 bits per heavy atom. The van der Waals surface area contributed by atoms with Crippen LogP contribution in [0.25, 0.3) is 78.0 Å². The van der Waals surface area contributed by atoms with Gasteiger partial charge in [0.25, 0.3) is 0 Å². The molecule has 10 aromatic rings. The molecule has 0 fully saturated rings. The maximum absolute atomic E-state index is 5.30. The summed E-state index contributed by atoms with van der Waals surface area (Å²) in [5.74, 6) is 3.26. The molecular formula is C56H38N6. The van der Waals surface area contributed by atoms with Crippen LogP contribution in [0.15, 0.2) is 228 Å². The molecule has 0 spiro atoms. The quantitative estimate of drug-likeness (QED) is 0.155. The SMILES string of the molecule is c1ccc(C2=NC(c3ccccc3)NC(c3ccc(-c4ccccc4-c4nc(-c5ccccc5)nc(-c5ccccc5)n4)cc3-c3cc4ccccc4c4ccccc34)=N2)cc1. The third-order valence-electron chi connectivity index (χ3n) is 11.4. The van der Waals surface area contributed by atoms with Crippen molar-refractivity contribution < 1.29 is 0 Å². The van der Waals surface area contributed by atoms with Crippen LogP contribution in [0.5, 0.6) is 0 Å². The van der Waals surface area contributed by atoms with Crippen molar-refractivity contribution in [3.63, 3.8) is 0 Å². The van der Waals surface area contributed by atoms with E-state index in [2.05, 4.69) is 133 Å². The fourth-order valence-electron chi connectivity index (χ4n) is 8.39. The van der Waals surface area contributed by atoms with Gasteiger partial charge >= 0.3 is 0 Å². The Morgan fingerprint density at radius 2 is 0.871 bits per heavy atom. The zero-order valence-electron chi connectivity index (χ0n) is 33.6. The van der Waals surface area contributed by atoms with Gasteiger partial charge in [-0.25, -0.2) is 24.9 Å². The average molecular weight is 795 g/mol. The fraction of sp³-hybridized carbons (Fsp3) is 0.0179. The number of benzene rings is 9. The van der Waals surface area contributed by atoms with Crippen molar-refractivity contribution in [3.8, 4) is 56.4 Å². The molecule has 1 atom stereocenters. The Morgan fingerprint density at radius 3 is 1.55 bits per heavy atom. The van der Waals surface area contributed by atoms with Gasteiger partial charge in [0.05, 0.1) is 0 Å². The number of hydrogen-bond acceptors (Lipinski definition) is 6. The van der Waals surface area contributed by atoms with Gasteiger partial charge in [0, 0.05) is 27.8 Å². The summed E-state index contributed by atoms with van der Waals surface area (Å²) in [7, 11) is 0. The molecule has 0 aliphatic carbocycles. The molecule has 0 saturated carbocycles. The van der Waals surface area contributed by atoms with Crippen LogP contribution in [-0.4, -0.2) is 26.6 Å². The van der Waals surface area contributed by atoms with E-state index in [1.807, 2.05) is 91.0 Å². The largest absolute Gasteiger partial charge is 0.344 e. The Bertz CT molecular complexity index is 3250. The molecule has 292 valence electrons. The Hall–Kier alpha value is -8.35. The van der Waals surface area contributed by atoms with E-state index in [4.69, 9.17) is 24.9 Å². The van der Waals surface area contributed by atoms with Crippen molar-refractivity contribution in [3.05, 3.63) is 235 Å². The second-order valence-corrected chi connectivity index (χ2v) is 15.3. The summed E-state index contributed by atoms with van der Waals surface area (Å²) in [5.41, 5.74) is 9.90. The molecule has 1 aromatic heterocycles. The second-order valence-electron chi connectivity index (χ2n) is 15.3. The van der Waals surface area contributed by atoms with Gasteiger partial charge in [0.2, 0.25) is 0 Å². The maximum atomic E-state index is 5.30. The fourth-order valence-corrected chi connectivity index (χ4v) is 8.39. The molecule has 1 aliphatic rings. The summed E-state index contributed by atoms with van der Waals surface area (Å²) in [4.78, 5) is 25.7. The van der Waals surface area contributed by atoms with E-state index < -0.39 is 0 Å². The van der Waals surface area contributed by atoms with E-state index >= 15 is 0 Å². The van der Waals surface area contributed by atoms with Crippen LogP contribution >= 0.6 is 0 Å². The molecule has 0 bridgehead atoms. The molecular weight excluding hydrogens is 757 g/mol. The third-order valence-corrected chi connectivity index (χ3v) is 11.4. The van der Waals surface area contributed by atoms with Crippen molar-refractivity contribution in [2.45, 2.75) is 6.17 Å². The van der Waals surface area contributed by atoms with Gasteiger partial charge in [-0.05, 0) is 61.5 Å². The van der Waals surface area contributed by atoms with Crippen LogP contribution in [0, 0.1) is 0 Å². The Labute approximate surface area is 359 Å². The minimum Gasteiger partial charge on any atom is -0.344 e. The van der Waals surface area contributed by atoms with E-state index in [0.717, 1.165) is 72.2 Å². The van der Waals surface area contributed by atoms with Gasteiger partial charge < -0.3 is 5.32 Å². The van der Waals surface area contributed by atoms with Gasteiger partial charge in [-0.3, -0.25) is 0 Å². The number of aliphatic imine (C=N–C) groups is 2. The normalized spacial score (nSPS) is 13.6. The number of nitrogens with zero attached hydrogens (tertiary/aromatic N) is 5. The van der Waals surface area contributed by atoms with Crippen molar-refractivity contribution in [2.24, 2.45) is 9.98 Å². The number of hydrogen-bond donors (Lipinski definition) is 1. The predicted octanol–water partition coefficient (Wildman–Crippen LogP) is 13.0. The van der Waals surface area contributed by atoms with Crippen molar-refractivity contribution in [1.29, 1.82) is 0 Å². The van der Waals surface area contributed by atoms with Crippen LogP contribution in [0.2, 0.25) is 0 Å². The highest BCUT2D eigenvalue weighted by molar-refractivity contribution is 6.19. The molecule has 11 rings (SSSR count). The molecule has 1 aliphatic heterocycles. The summed E-state index contributed by atoms with van der Waals surface area (Å²) in [5, 5.41) is 8.48. The van der Waals surface area contributed by atoms with Crippen LogP contribution in [0.1, 0.15) is 22.9 Å². The number of nitrogens with one attached hydrogen (secondary N) is 1. The molecule has 0 amide bonds. The minimum absolute atomic E-state index is 0.345. The highest BCUT2D eigenvalue weighted by atomic mass is 15.2. The molecule has 6 heteroatoms. The van der Waals surface area contributed by atoms with Crippen molar-refractivity contribution in [1.82, 2.24) is 20.3 Å². The molecule has 0 saturated heterocycles. The topological polar surface area (TPSA) is 75.4 Å². The van der Waals surface area contributed by atoms with Gasteiger partial charge in [-0.1, -0.05) is 206 Å². The van der Waals surface area contributed by atoms with E-state index in [0.29, 0.717) is 23.3 Å². The molecule has 62 heavy (non-hydrogen) atoms. The first-order valence-electron chi connectivity index (χ1n) is 20.8. The molecule has 2 heterocycles. The lowest BCUT2D eigenvalue weighted by atomic mass is 9.88. The average Bonchev–Trinajstić information content (AvgIpc) is 3.36. The molecule has 9 aromatic carbocycles. The first kappa shape index (κ1) is 36.7. The van der Waals surface area contributed by atoms with Crippen LogP contribution in [0.4, 0.5) is 0 Å². The van der Waals surface area contributed by atoms with Crippen LogP contribution in [-0.2, 0) is 0 Å². The summed E-state index contributed by atoms with van der Waals surface area (Å²) in [6.45, 7) is 0. The van der Waals surface area contributed by atoms with Crippen LogP contribution < -0.4 is 5.32 Å². The number of fused-ring (bicyclic) bond motifs is 3. The zero-order valence-corrected chi connectivity index (χ0v) is 33.6. The van der Waals surface area contributed by atoms with Gasteiger partial charge in [-0.2, -0.15) is 0 Å². The Balaban J connectivity index is 1.14. The lowest BCUT2D eigenvalue weighted by Crippen LogP contribution is -2.34. The molecule has 6 nitrogen and oxygen atoms in total. The second kappa shape index (κ2) is 16.0. The van der Waals surface area contributed by atoms with Crippen molar-refractivity contribution in [2.75, 3.05) is 0 Å².